The smallest absolute Gasteiger partial charge is 0.354 e. The fourth-order valence-corrected chi connectivity index (χ4v) is 2.75. The number of thiazole rings is 1. The fraction of sp³-hybridized carbons (Fsp3) is 0.667. The summed E-state index contributed by atoms with van der Waals surface area (Å²) in [5.74, 6) is 0.661. The molecule has 2 rings (SSSR count). The van der Waals surface area contributed by atoms with E-state index in [9.17, 15) is 4.79 Å². The number of aromatic nitrogens is 1. The molecular formula is C12H16ClNO3S. The minimum absolute atomic E-state index is 0.302. The summed E-state index contributed by atoms with van der Waals surface area (Å²) >= 11 is 6.91. The number of carbonyl (C=O) groups is 1. The third-order valence-corrected chi connectivity index (χ3v) is 4.14. The number of halogens is 1. The Bertz CT molecular complexity index is 417. The molecule has 1 aromatic rings. The second-order valence-corrected chi connectivity index (χ2v) is 5.84. The average Bonchev–Trinajstić information content (AvgIpc) is 2.64. The molecule has 18 heavy (non-hydrogen) atoms. The molecule has 1 aliphatic rings. The highest BCUT2D eigenvalue weighted by molar-refractivity contribution is 7.17. The SMILES string of the molecule is CCOC(=O)c1sc(Cl)nc1OCCC1CCC1. The Hall–Kier alpha value is -0.810. The first-order chi connectivity index (χ1) is 8.70. The van der Waals surface area contributed by atoms with E-state index in [4.69, 9.17) is 21.1 Å². The van der Waals surface area contributed by atoms with E-state index in [0.717, 1.165) is 23.7 Å². The third kappa shape index (κ3) is 3.36. The maximum absolute atomic E-state index is 11.7. The number of ether oxygens (including phenoxy) is 2. The minimum Gasteiger partial charge on any atom is -0.476 e. The van der Waals surface area contributed by atoms with Crippen LogP contribution in [0.25, 0.3) is 0 Å². The molecule has 0 bridgehead atoms. The van der Waals surface area contributed by atoms with Gasteiger partial charge in [-0.2, -0.15) is 4.98 Å². The summed E-state index contributed by atoms with van der Waals surface area (Å²) in [5.41, 5.74) is 0. The molecule has 1 heterocycles. The monoisotopic (exact) mass is 289 g/mol. The molecule has 1 aromatic heterocycles. The van der Waals surface area contributed by atoms with E-state index in [1.807, 2.05) is 0 Å². The predicted molar refractivity (Wildman–Crippen MR) is 70.5 cm³/mol. The lowest BCUT2D eigenvalue weighted by molar-refractivity contribution is 0.0526. The molecule has 100 valence electrons. The zero-order chi connectivity index (χ0) is 13.0. The lowest BCUT2D eigenvalue weighted by atomic mass is 9.83. The van der Waals surface area contributed by atoms with E-state index in [0.29, 0.717) is 28.4 Å². The van der Waals surface area contributed by atoms with E-state index in [1.54, 1.807) is 6.92 Å². The number of rotatable bonds is 6. The molecule has 0 amide bonds. The van der Waals surface area contributed by atoms with Crippen LogP contribution in [0, 0.1) is 5.92 Å². The topological polar surface area (TPSA) is 48.4 Å². The molecular weight excluding hydrogens is 274 g/mol. The Balaban J connectivity index is 1.91. The molecule has 1 fully saturated rings. The minimum atomic E-state index is -0.416. The number of esters is 1. The van der Waals surface area contributed by atoms with Gasteiger partial charge < -0.3 is 9.47 Å². The number of nitrogens with zero attached hydrogens (tertiary/aromatic N) is 1. The van der Waals surface area contributed by atoms with Crippen molar-refractivity contribution >= 4 is 28.9 Å². The van der Waals surface area contributed by atoms with Crippen molar-refractivity contribution in [2.45, 2.75) is 32.6 Å². The molecule has 1 aliphatic carbocycles. The molecule has 0 aromatic carbocycles. The van der Waals surface area contributed by atoms with Crippen LogP contribution in [0.1, 0.15) is 42.3 Å². The molecule has 0 aliphatic heterocycles. The Kier molecular flexibility index (Phi) is 4.83. The Morgan fingerprint density at radius 3 is 2.94 bits per heavy atom. The van der Waals surface area contributed by atoms with Gasteiger partial charge in [0.2, 0.25) is 5.88 Å². The lowest BCUT2D eigenvalue weighted by Gasteiger charge is -2.24. The van der Waals surface area contributed by atoms with Crippen LogP contribution in [0.4, 0.5) is 0 Å². The second kappa shape index (κ2) is 6.38. The fourth-order valence-electron chi connectivity index (χ4n) is 1.81. The first-order valence-electron chi connectivity index (χ1n) is 6.17. The van der Waals surface area contributed by atoms with E-state index >= 15 is 0 Å². The standard InChI is InChI=1S/C12H16ClNO3S/c1-2-16-11(15)9-10(14-12(13)18-9)17-7-6-8-4-3-5-8/h8H,2-7H2,1H3. The molecule has 1 saturated carbocycles. The molecule has 4 nitrogen and oxygen atoms in total. The normalized spacial score (nSPS) is 15.2. The molecule has 6 heteroatoms. The van der Waals surface area contributed by atoms with Crippen LogP contribution in [0.2, 0.25) is 4.47 Å². The van der Waals surface area contributed by atoms with Crippen molar-refractivity contribution in [3.63, 3.8) is 0 Å². The van der Waals surface area contributed by atoms with Crippen LogP contribution < -0.4 is 4.74 Å². The van der Waals surface area contributed by atoms with Crippen molar-refractivity contribution in [1.82, 2.24) is 4.98 Å². The Morgan fingerprint density at radius 1 is 1.56 bits per heavy atom. The summed E-state index contributed by atoms with van der Waals surface area (Å²) < 4.78 is 10.8. The maximum Gasteiger partial charge on any atom is 0.354 e. The van der Waals surface area contributed by atoms with Gasteiger partial charge in [0.1, 0.15) is 0 Å². The number of hydrogen-bond acceptors (Lipinski definition) is 5. The van der Waals surface area contributed by atoms with Crippen molar-refractivity contribution in [2.24, 2.45) is 5.92 Å². The van der Waals surface area contributed by atoms with Gasteiger partial charge in [-0.05, 0) is 19.3 Å². The zero-order valence-corrected chi connectivity index (χ0v) is 11.9. The zero-order valence-electron chi connectivity index (χ0n) is 10.3. The van der Waals surface area contributed by atoms with Gasteiger partial charge in [-0.25, -0.2) is 4.79 Å². The van der Waals surface area contributed by atoms with Crippen molar-refractivity contribution in [3.05, 3.63) is 9.34 Å². The maximum atomic E-state index is 11.7. The number of hydrogen-bond donors (Lipinski definition) is 0. The van der Waals surface area contributed by atoms with Gasteiger partial charge in [0.05, 0.1) is 13.2 Å². The summed E-state index contributed by atoms with van der Waals surface area (Å²) in [7, 11) is 0. The van der Waals surface area contributed by atoms with Crippen LogP contribution in [0.15, 0.2) is 0 Å². The van der Waals surface area contributed by atoms with E-state index < -0.39 is 5.97 Å². The Labute approximate surface area is 115 Å². The quantitative estimate of drug-likeness (QED) is 0.752. The second-order valence-electron chi connectivity index (χ2n) is 4.26. The van der Waals surface area contributed by atoms with Gasteiger partial charge in [-0.3, -0.25) is 0 Å². The van der Waals surface area contributed by atoms with Crippen molar-refractivity contribution in [2.75, 3.05) is 13.2 Å². The number of carbonyl (C=O) groups excluding carboxylic acids is 1. The van der Waals surface area contributed by atoms with Crippen LogP contribution in [-0.4, -0.2) is 24.2 Å². The van der Waals surface area contributed by atoms with Gasteiger partial charge in [-0.1, -0.05) is 42.2 Å². The predicted octanol–water partition coefficient (Wildman–Crippen LogP) is 3.54. The van der Waals surface area contributed by atoms with Crippen molar-refractivity contribution in [3.8, 4) is 5.88 Å². The van der Waals surface area contributed by atoms with Gasteiger partial charge >= 0.3 is 5.97 Å². The molecule has 0 saturated heterocycles. The van der Waals surface area contributed by atoms with Gasteiger partial charge in [-0.15, -0.1) is 0 Å². The van der Waals surface area contributed by atoms with Crippen LogP contribution in [-0.2, 0) is 4.74 Å². The summed E-state index contributed by atoms with van der Waals surface area (Å²) in [5, 5.41) is 0. The van der Waals surface area contributed by atoms with E-state index in [2.05, 4.69) is 4.98 Å². The Morgan fingerprint density at radius 2 is 2.33 bits per heavy atom. The van der Waals surface area contributed by atoms with Gasteiger partial charge in [0.25, 0.3) is 0 Å². The summed E-state index contributed by atoms with van der Waals surface area (Å²) in [6.45, 7) is 2.67. The average molecular weight is 290 g/mol. The van der Waals surface area contributed by atoms with Crippen LogP contribution in [0.3, 0.4) is 0 Å². The van der Waals surface area contributed by atoms with Gasteiger partial charge in [0.15, 0.2) is 9.34 Å². The molecule has 0 radical (unpaired) electrons. The summed E-state index contributed by atoms with van der Waals surface area (Å²) in [6, 6.07) is 0. The molecule has 0 spiro atoms. The summed E-state index contributed by atoms with van der Waals surface area (Å²) in [4.78, 5) is 16.0. The first-order valence-corrected chi connectivity index (χ1v) is 7.36. The third-order valence-electron chi connectivity index (χ3n) is 3.02. The molecule has 0 N–H and O–H groups in total. The van der Waals surface area contributed by atoms with Crippen LogP contribution in [0.5, 0.6) is 5.88 Å². The van der Waals surface area contributed by atoms with E-state index in [1.165, 1.54) is 19.3 Å². The summed E-state index contributed by atoms with van der Waals surface area (Å²) in [6.07, 6.45) is 4.90. The largest absolute Gasteiger partial charge is 0.476 e. The highest BCUT2D eigenvalue weighted by Gasteiger charge is 2.21. The molecule has 0 unspecified atom stereocenters. The highest BCUT2D eigenvalue weighted by Crippen LogP contribution is 2.32. The van der Waals surface area contributed by atoms with Crippen molar-refractivity contribution in [1.29, 1.82) is 0 Å². The molecule has 0 atom stereocenters. The van der Waals surface area contributed by atoms with Gasteiger partial charge in [0, 0.05) is 0 Å². The lowest BCUT2D eigenvalue weighted by Crippen LogP contribution is -2.15. The van der Waals surface area contributed by atoms with Crippen molar-refractivity contribution < 1.29 is 14.3 Å². The highest BCUT2D eigenvalue weighted by atomic mass is 35.5. The van der Waals surface area contributed by atoms with Crippen LogP contribution >= 0.6 is 22.9 Å². The first kappa shape index (κ1) is 13.6. The van der Waals surface area contributed by atoms with E-state index in [-0.39, 0.29) is 0 Å².